The summed E-state index contributed by atoms with van der Waals surface area (Å²) in [5, 5.41) is 17.9. The average Bonchev–Trinajstić information content (AvgIpc) is 2.37. The molecule has 20 heavy (non-hydrogen) atoms. The van der Waals surface area contributed by atoms with Gasteiger partial charge in [-0.25, -0.2) is 9.59 Å². The third kappa shape index (κ3) is 5.27. The molecule has 0 saturated carbocycles. The number of allylic oxidation sites excluding steroid dienone is 1. The zero-order chi connectivity index (χ0) is 15.1. The quantitative estimate of drug-likeness (QED) is 0.784. The van der Waals surface area contributed by atoms with E-state index in [1.165, 1.54) is 30.8 Å². The van der Waals surface area contributed by atoms with Crippen LogP contribution in [0, 0.1) is 0 Å². The van der Waals surface area contributed by atoms with Crippen molar-refractivity contribution in [2.45, 2.75) is 13.3 Å². The Hall–Kier alpha value is -2.08. The lowest BCUT2D eigenvalue weighted by Crippen LogP contribution is -2.02. The lowest BCUT2D eigenvalue weighted by atomic mass is 10.1. The van der Waals surface area contributed by atoms with Crippen molar-refractivity contribution in [3.05, 3.63) is 41.0 Å². The van der Waals surface area contributed by atoms with Crippen molar-refractivity contribution in [3.63, 3.8) is 0 Å². The summed E-state index contributed by atoms with van der Waals surface area (Å²) in [6.45, 7) is 1.49. The van der Waals surface area contributed by atoms with Gasteiger partial charge < -0.3 is 10.2 Å². The highest BCUT2D eigenvalue weighted by atomic mass is 32.2. The zero-order valence-corrected chi connectivity index (χ0v) is 11.6. The van der Waals surface area contributed by atoms with Gasteiger partial charge in [-0.15, -0.1) is 0 Å². The number of thioether (sulfide) groups is 1. The Labute approximate surface area is 120 Å². The second-order valence-electron chi connectivity index (χ2n) is 3.99. The van der Waals surface area contributed by atoms with Crippen LogP contribution in [0.15, 0.2) is 24.3 Å². The normalized spacial score (nSPS) is 10.7. The number of carbonyl (C=O) groups is 3. The molecule has 0 aromatic heterocycles. The molecule has 0 amide bonds. The van der Waals surface area contributed by atoms with Gasteiger partial charge in [-0.2, -0.15) is 0 Å². The predicted octanol–water partition coefficient (Wildman–Crippen LogP) is 2.77. The SMILES string of the molecule is CC(=O)SCCC=Cc1cc(C(=O)O)cc(C(=O)O)c1. The fourth-order valence-corrected chi connectivity index (χ4v) is 2.03. The number of rotatable bonds is 6. The minimum absolute atomic E-state index is 0.0411. The summed E-state index contributed by atoms with van der Waals surface area (Å²) in [6.07, 6.45) is 4.08. The van der Waals surface area contributed by atoms with Gasteiger partial charge in [0.05, 0.1) is 11.1 Å². The van der Waals surface area contributed by atoms with Gasteiger partial charge in [0, 0.05) is 12.7 Å². The average molecular weight is 294 g/mol. The van der Waals surface area contributed by atoms with E-state index in [4.69, 9.17) is 10.2 Å². The van der Waals surface area contributed by atoms with Gasteiger partial charge >= 0.3 is 11.9 Å². The Kier molecular flexibility index (Phi) is 5.99. The summed E-state index contributed by atoms with van der Waals surface area (Å²) in [6, 6.07) is 3.93. The minimum Gasteiger partial charge on any atom is -0.478 e. The van der Waals surface area contributed by atoms with E-state index in [1.807, 2.05) is 0 Å². The van der Waals surface area contributed by atoms with Crippen molar-refractivity contribution < 1.29 is 24.6 Å². The van der Waals surface area contributed by atoms with Crippen molar-refractivity contribution in [1.82, 2.24) is 0 Å². The molecule has 0 heterocycles. The van der Waals surface area contributed by atoms with E-state index in [2.05, 4.69) is 0 Å². The highest BCUT2D eigenvalue weighted by Crippen LogP contribution is 2.13. The summed E-state index contributed by atoms with van der Waals surface area (Å²) >= 11 is 1.20. The summed E-state index contributed by atoms with van der Waals surface area (Å²) in [4.78, 5) is 32.6. The maximum atomic E-state index is 10.9. The van der Waals surface area contributed by atoms with Gasteiger partial charge in [0.15, 0.2) is 5.12 Å². The van der Waals surface area contributed by atoms with E-state index in [1.54, 1.807) is 12.2 Å². The van der Waals surface area contributed by atoms with Crippen LogP contribution < -0.4 is 0 Å². The maximum absolute atomic E-state index is 10.9. The number of hydrogen-bond donors (Lipinski definition) is 2. The van der Waals surface area contributed by atoms with Crippen LogP contribution in [0.3, 0.4) is 0 Å². The molecule has 0 radical (unpaired) electrons. The van der Waals surface area contributed by atoms with Gasteiger partial charge in [-0.1, -0.05) is 23.9 Å². The molecule has 0 aliphatic carbocycles. The van der Waals surface area contributed by atoms with Crippen LogP contribution in [0.4, 0.5) is 0 Å². The number of hydrogen-bond acceptors (Lipinski definition) is 4. The van der Waals surface area contributed by atoms with Gasteiger partial charge in [0.2, 0.25) is 0 Å². The summed E-state index contributed by atoms with van der Waals surface area (Å²) in [5.41, 5.74) is 0.375. The second kappa shape index (κ2) is 7.49. The van der Waals surface area contributed by atoms with Crippen LogP contribution in [-0.2, 0) is 4.79 Å². The summed E-state index contributed by atoms with van der Waals surface area (Å²) in [5.74, 6) is -1.71. The lowest BCUT2D eigenvalue weighted by Gasteiger charge is -2.01. The zero-order valence-electron chi connectivity index (χ0n) is 10.8. The van der Waals surface area contributed by atoms with E-state index in [9.17, 15) is 14.4 Å². The molecule has 2 N–H and O–H groups in total. The first-order valence-corrected chi connectivity index (χ1v) is 6.80. The highest BCUT2D eigenvalue weighted by molar-refractivity contribution is 8.13. The number of carboxylic acids is 2. The third-order valence-corrected chi connectivity index (χ3v) is 3.20. The molecule has 0 unspecified atom stereocenters. The van der Waals surface area contributed by atoms with Crippen molar-refractivity contribution in [2.75, 3.05) is 5.75 Å². The molecule has 0 bridgehead atoms. The van der Waals surface area contributed by atoms with Crippen molar-refractivity contribution in [1.29, 1.82) is 0 Å². The number of carboxylic acid groups (broad SMARTS) is 2. The predicted molar refractivity (Wildman–Crippen MR) is 77.2 cm³/mol. The monoisotopic (exact) mass is 294 g/mol. The van der Waals surface area contributed by atoms with Gasteiger partial charge in [0.1, 0.15) is 0 Å². The Morgan fingerprint density at radius 1 is 1.10 bits per heavy atom. The van der Waals surface area contributed by atoms with Gasteiger partial charge in [-0.05, 0) is 30.2 Å². The van der Waals surface area contributed by atoms with Crippen molar-refractivity contribution in [2.24, 2.45) is 0 Å². The Bertz CT molecular complexity index is 530. The van der Waals surface area contributed by atoms with E-state index in [0.29, 0.717) is 17.7 Å². The van der Waals surface area contributed by atoms with Crippen LogP contribution >= 0.6 is 11.8 Å². The summed E-state index contributed by atoms with van der Waals surface area (Å²) < 4.78 is 0. The molecular formula is C14H14O5S. The Morgan fingerprint density at radius 2 is 1.65 bits per heavy atom. The topological polar surface area (TPSA) is 91.7 Å². The van der Waals surface area contributed by atoms with Crippen LogP contribution in [0.2, 0.25) is 0 Å². The van der Waals surface area contributed by atoms with Crippen LogP contribution in [-0.4, -0.2) is 33.0 Å². The van der Waals surface area contributed by atoms with Gasteiger partial charge in [-0.3, -0.25) is 4.79 Å². The number of benzene rings is 1. The molecule has 106 valence electrons. The highest BCUT2D eigenvalue weighted by Gasteiger charge is 2.10. The molecule has 5 nitrogen and oxygen atoms in total. The Balaban J connectivity index is 2.83. The first kappa shape index (κ1) is 16.0. The van der Waals surface area contributed by atoms with Crippen molar-refractivity contribution >= 4 is 34.9 Å². The fraction of sp³-hybridized carbons (Fsp3) is 0.214. The standard InChI is InChI=1S/C14H14O5S/c1-9(15)20-5-3-2-4-10-6-11(13(16)17)8-12(7-10)14(18)19/h2,4,6-8H,3,5H2,1H3,(H,16,17)(H,18,19). The smallest absolute Gasteiger partial charge is 0.335 e. The number of carbonyl (C=O) groups excluding carboxylic acids is 1. The first-order chi connectivity index (χ1) is 9.40. The van der Waals surface area contributed by atoms with Crippen LogP contribution in [0.25, 0.3) is 6.08 Å². The molecule has 6 heteroatoms. The fourth-order valence-electron chi connectivity index (χ4n) is 1.48. The van der Waals surface area contributed by atoms with E-state index in [-0.39, 0.29) is 16.2 Å². The third-order valence-electron chi connectivity index (χ3n) is 2.35. The molecule has 0 fully saturated rings. The van der Waals surface area contributed by atoms with Crippen molar-refractivity contribution in [3.8, 4) is 0 Å². The molecule has 0 spiro atoms. The first-order valence-electron chi connectivity index (χ1n) is 5.81. The minimum atomic E-state index is -1.17. The molecule has 0 saturated heterocycles. The maximum Gasteiger partial charge on any atom is 0.335 e. The molecule has 0 aliphatic rings. The van der Waals surface area contributed by atoms with Gasteiger partial charge in [0.25, 0.3) is 0 Å². The molecular weight excluding hydrogens is 280 g/mol. The lowest BCUT2D eigenvalue weighted by molar-refractivity contribution is -0.109. The molecule has 1 aromatic rings. The van der Waals surface area contributed by atoms with Crippen LogP contribution in [0.1, 0.15) is 39.6 Å². The molecule has 1 rings (SSSR count). The summed E-state index contributed by atoms with van der Waals surface area (Å²) in [7, 11) is 0. The largest absolute Gasteiger partial charge is 0.478 e. The van der Waals surface area contributed by atoms with E-state index >= 15 is 0 Å². The van der Waals surface area contributed by atoms with Crippen LogP contribution in [0.5, 0.6) is 0 Å². The number of aromatic carboxylic acids is 2. The molecule has 1 aromatic carbocycles. The Morgan fingerprint density at radius 3 is 2.10 bits per heavy atom. The van der Waals surface area contributed by atoms with E-state index in [0.717, 1.165) is 6.07 Å². The molecule has 0 atom stereocenters. The van der Waals surface area contributed by atoms with E-state index < -0.39 is 11.9 Å². The molecule has 0 aliphatic heterocycles. The second-order valence-corrected chi connectivity index (χ2v) is 5.26.